The molecule has 3 nitrogen and oxygen atoms in total. The molecule has 1 heterocycles. The van der Waals surface area contributed by atoms with Gasteiger partial charge in [0.25, 0.3) is 5.56 Å². The van der Waals surface area contributed by atoms with E-state index in [0.29, 0.717) is 6.04 Å². The second-order valence-corrected chi connectivity index (χ2v) is 4.81. The summed E-state index contributed by atoms with van der Waals surface area (Å²) in [6, 6.07) is 13.7. The van der Waals surface area contributed by atoms with Crippen LogP contribution in [0.4, 0.5) is 0 Å². The summed E-state index contributed by atoms with van der Waals surface area (Å²) in [5.74, 6) is 0. The number of benzene rings is 1. The molecule has 0 aliphatic heterocycles. The van der Waals surface area contributed by atoms with E-state index in [9.17, 15) is 4.79 Å². The van der Waals surface area contributed by atoms with Crippen molar-refractivity contribution in [3.05, 3.63) is 52.8 Å². The van der Waals surface area contributed by atoms with Gasteiger partial charge in [-0.25, -0.2) is 4.68 Å². The largest absolute Gasteiger partial charge is 0.268 e. The van der Waals surface area contributed by atoms with Crippen LogP contribution in [-0.2, 0) is 0 Å². The van der Waals surface area contributed by atoms with Gasteiger partial charge in [-0.2, -0.15) is 5.10 Å². The first kappa shape index (κ1) is 11.2. The van der Waals surface area contributed by atoms with Crippen LogP contribution in [0.5, 0.6) is 0 Å². The van der Waals surface area contributed by atoms with Crippen LogP contribution < -0.4 is 5.56 Å². The Kier molecular flexibility index (Phi) is 2.97. The van der Waals surface area contributed by atoms with Gasteiger partial charge in [-0.1, -0.05) is 43.2 Å². The van der Waals surface area contributed by atoms with Crippen molar-refractivity contribution >= 4 is 0 Å². The molecule has 0 bridgehead atoms. The van der Waals surface area contributed by atoms with Crippen molar-refractivity contribution in [2.24, 2.45) is 0 Å². The third-order valence-electron chi connectivity index (χ3n) is 3.57. The molecule has 1 saturated carbocycles. The molecule has 0 amide bonds. The minimum absolute atomic E-state index is 0.0154. The lowest BCUT2D eigenvalue weighted by atomic mass is 10.1. The molecule has 0 N–H and O–H groups in total. The molecule has 92 valence electrons. The van der Waals surface area contributed by atoms with Gasteiger partial charge in [0.1, 0.15) is 0 Å². The van der Waals surface area contributed by atoms with Crippen LogP contribution in [0.1, 0.15) is 31.7 Å². The Morgan fingerprint density at radius 1 is 1.00 bits per heavy atom. The summed E-state index contributed by atoms with van der Waals surface area (Å²) in [6.07, 6.45) is 4.55. The average molecular weight is 240 g/mol. The maximum absolute atomic E-state index is 11.9. The topological polar surface area (TPSA) is 34.9 Å². The van der Waals surface area contributed by atoms with Crippen molar-refractivity contribution in [3.63, 3.8) is 0 Å². The monoisotopic (exact) mass is 240 g/mol. The molecule has 0 spiro atoms. The molecular weight excluding hydrogens is 224 g/mol. The highest BCUT2D eigenvalue weighted by Gasteiger charge is 2.19. The van der Waals surface area contributed by atoms with Crippen molar-refractivity contribution in [2.45, 2.75) is 31.7 Å². The fraction of sp³-hybridized carbons (Fsp3) is 0.333. The fourth-order valence-electron chi connectivity index (χ4n) is 2.60. The zero-order valence-electron chi connectivity index (χ0n) is 10.2. The quantitative estimate of drug-likeness (QED) is 0.808. The maximum atomic E-state index is 11.9. The summed E-state index contributed by atoms with van der Waals surface area (Å²) in [6.45, 7) is 0. The van der Waals surface area contributed by atoms with Crippen LogP contribution in [0.25, 0.3) is 11.3 Å². The van der Waals surface area contributed by atoms with E-state index in [-0.39, 0.29) is 5.56 Å². The van der Waals surface area contributed by atoms with Crippen LogP contribution in [0.3, 0.4) is 0 Å². The van der Waals surface area contributed by atoms with E-state index in [0.717, 1.165) is 24.1 Å². The Labute approximate surface area is 106 Å². The van der Waals surface area contributed by atoms with Crippen LogP contribution in [0.15, 0.2) is 47.3 Å². The van der Waals surface area contributed by atoms with Gasteiger partial charge in [0, 0.05) is 11.6 Å². The highest BCUT2D eigenvalue weighted by atomic mass is 16.1. The van der Waals surface area contributed by atoms with Gasteiger partial charge in [0.05, 0.1) is 11.7 Å². The van der Waals surface area contributed by atoms with E-state index in [4.69, 9.17) is 0 Å². The first-order valence-electron chi connectivity index (χ1n) is 6.50. The number of nitrogens with zero attached hydrogens (tertiary/aromatic N) is 2. The smallest absolute Gasteiger partial charge is 0.267 e. The van der Waals surface area contributed by atoms with E-state index in [1.807, 2.05) is 36.4 Å². The van der Waals surface area contributed by atoms with Gasteiger partial charge < -0.3 is 0 Å². The molecule has 1 aliphatic rings. The van der Waals surface area contributed by atoms with Crippen LogP contribution >= 0.6 is 0 Å². The third kappa shape index (κ3) is 2.08. The van der Waals surface area contributed by atoms with Crippen molar-refractivity contribution in [1.29, 1.82) is 0 Å². The zero-order chi connectivity index (χ0) is 12.4. The molecule has 0 radical (unpaired) electrons. The predicted molar refractivity (Wildman–Crippen MR) is 71.4 cm³/mol. The lowest BCUT2D eigenvalue weighted by Gasteiger charge is -2.13. The molecule has 0 saturated heterocycles. The lowest BCUT2D eigenvalue weighted by molar-refractivity contribution is 0.445. The van der Waals surface area contributed by atoms with E-state index < -0.39 is 0 Å². The van der Waals surface area contributed by atoms with Gasteiger partial charge in [0.2, 0.25) is 0 Å². The second kappa shape index (κ2) is 4.77. The SMILES string of the molecule is O=c1ccc(-c2ccccc2)nn1C1CCCC1. The van der Waals surface area contributed by atoms with Crippen LogP contribution in [0.2, 0.25) is 0 Å². The Hall–Kier alpha value is -1.90. The van der Waals surface area contributed by atoms with E-state index >= 15 is 0 Å². The van der Waals surface area contributed by atoms with Crippen LogP contribution in [-0.4, -0.2) is 9.78 Å². The molecule has 1 aromatic carbocycles. The lowest BCUT2D eigenvalue weighted by Crippen LogP contribution is -2.25. The number of rotatable bonds is 2. The minimum Gasteiger partial charge on any atom is -0.268 e. The van der Waals surface area contributed by atoms with Crippen molar-refractivity contribution in [2.75, 3.05) is 0 Å². The third-order valence-corrected chi connectivity index (χ3v) is 3.57. The van der Waals surface area contributed by atoms with Crippen LogP contribution in [0, 0.1) is 0 Å². The van der Waals surface area contributed by atoms with Gasteiger partial charge in [-0.05, 0) is 18.9 Å². The molecule has 2 aromatic rings. The van der Waals surface area contributed by atoms with Crippen molar-refractivity contribution < 1.29 is 0 Å². The summed E-state index contributed by atoms with van der Waals surface area (Å²) in [7, 11) is 0. The van der Waals surface area contributed by atoms with E-state index in [2.05, 4.69) is 5.10 Å². The minimum atomic E-state index is 0.0154. The first-order chi connectivity index (χ1) is 8.84. The molecular formula is C15H16N2O. The molecule has 3 heteroatoms. The fourth-order valence-corrected chi connectivity index (χ4v) is 2.60. The zero-order valence-corrected chi connectivity index (χ0v) is 10.2. The second-order valence-electron chi connectivity index (χ2n) is 4.81. The average Bonchev–Trinajstić information content (AvgIpc) is 2.94. The Morgan fingerprint density at radius 3 is 2.44 bits per heavy atom. The maximum Gasteiger partial charge on any atom is 0.267 e. The number of aromatic nitrogens is 2. The van der Waals surface area contributed by atoms with Gasteiger partial charge in [-0.15, -0.1) is 0 Å². The standard InChI is InChI=1S/C15H16N2O/c18-15-11-10-14(12-6-2-1-3-7-12)16-17(15)13-8-4-5-9-13/h1-3,6-7,10-11,13H,4-5,8-9H2. The first-order valence-corrected chi connectivity index (χ1v) is 6.50. The Bertz CT molecular complexity index is 583. The molecule has 18 heavy (non-hydrogen) atoms. The number of hydrogen-bond acceptors (Lipinski definition) is 2. The number of hydrogen-bond donors (Lipinski definition) is 0. The summed E-state index contributed by atoms with van der Waals surface area (Å²) < 4.78 is 1.68. The summed E-state index contributed by atoms with van der Waals surface area (Å²) in [5, 5.41) is 4.53. The summed E-state index contributed by atoms with van der Waals surface area (Å²) >= 11 is 0. The molecule has 3 rings (SSSR count). The highest BCUT2D eigenvalue weighted by molar-refractivity contribution is 5.57. The van der Waals surface area contributed by atoms with Gasteiger partial charge in [-0.3, -0.25) is 4.79 Å². The van der Waals surface area contributed by atoms with Gasteiger partial charge >= 0.3 is 0 Å². The highest BCUT2D eigenvalue weighted by Crippen LogP contribution is 2.28. The predicted octanol–water partition coefficient (Wildman–Crippen LogP) is 3.03. The molecule has 0 unspecified atom stereocenters. The van der Waals surface area contributed by atoms with Crippen molar-refractivity contribution in [1.82, 2.24) is 9.78 Å². The normalized spacial score (nSPS) is 16.0. The molecule has 0 atom stereocenters. The van der Waals surface area contributed by atoms with E-state index in [1.54, 1.807) is 10.7 Å². The van der Waals surface area contributed by atoms with Gasteiger partial charge in [0.15, 0.2) is 0 Å². The molecule has 1 aromatic heterocycles. The molecule has 1 fully saturated rings. The Morgan fingerprint density at radius 2 is 1.72 bits per heavy atom. The Balaban J connectivity index is 2.03. The van der Waals surface area contributed by atoms with Crippen molar-refractivity contribution in [3.8, 4) is 11.3 Å². The molecule has 1 aliphatic carbocycles. The van der Waals surface area contributed by atoms with E-state index in [1.165, 1.54) is 12.8 Å². The summed E-state index contributed by atoms with van der Waals surface area (Å²) in [5.41, 5.74) is 1.95. The summed E-state index contributed by atoms with van der Waals surface area (Å²) in [4.78, 5) is 11.9.